The van der Waals surface area contributed by atoms with Gasteiger partial charge in [-0.05, 0) is 42.7 Å². The third kappa shape index (κ3) is 4.67. The Balaban J connectivity index is 1.58. The molecule has 2 aromatic heterocycles. The standard InChI is InChI=1S/C25H27N3O3S/c1-4-5-6-9-14-31-20-13-12-18(15-21(20)30-3)16-22-24(29)28-25(32-22)26-23(27-28)19-11-8-7-10-17(19)2/h7-8,10-13,15-16H,4-6,9,14H2,1-3H3/b22-16-. The molecule has 0 aliphatic rings. The van der Waals surface area contributed by atoms with E-state index in [-0.39, 0.29) is 5.56 Å². The van der Waals surface area contributed by atoms with E-state index in [9.17, 15) is 4.79 Å². The summed E-state index contributed by atoms with van der Waals surface area (Å²) in [6.45, 7) is 4.87. The van der Waals surface area contributed by atoms with Crippen molar-refractivity contribution in [2.75, 3.05) is 13.7 Å². The molecule has 0 bridgehead atoms. The van der Waals surface area contributed by atoms with E-state index in [0.717, 1.165) is 29.5 Å². The molecule has 2 aromatic carbocycles. The molecule has 2 heterocycles. The lowest BCUT2D eigenvalue weighted by Gasteiger charge is -2.11. The molecular weight excluding hydrogens is 422 g/mol. The molecule has 0 radical (unpaired) electrons. The molecule has 0 atom stereocenters. The monoisotopic (exact) mass is 449 g/mol. The van der Waals surface area contributed by atoms with E-state index in [1.807, 2.05) is 55.5 Å². The molecule has 0 saturated carbocycles. The number of hydrogen-bond acceptors (Lipinski definition) is 6. The zero-order valence-electron chi connectivity index (χ0n) is 18.6. The van der Waals surface area contributed by atoms with E-state index in [1.54, 1.807) is 7.11 Å². The van der Waals surface area contributed by atoms with Crippen LogP contribution in [0.4, 0.5) is 0 Å². The second-order valence-electron chi connectivity index (χ2n) is 7.68. The fraction of sp³-hybridized carbons (Fsp3) is 0.320. The lowest BCUT2D eigenvalue weighted by Crippen LogP contribution is -2.23. The molecule has 0 spiro atoms. The van der Waals surface area contributed by atoms with E-state index in [4.69, 9.17) is 9.47 Å². The maximum Gasteiger partial charge on any atom is 0.291 e. The van der Waals surface area contributed by atoms with Crippen molar-refractivity contribution in [3.63, 3.8) is 0 Å². The molecule has 4 aromatic rings. The van der Waals surface area contributed by atoms with Crippen LogP contribution in [0.1, 0.15) is 43.7 Å². The maximum absolute atomic E-state index is 12.9. The van der Waals surface area contributed by atoms with Gasteiger partial charge >= 0.3 is 0 Å². The number of benzene rings is 2. The molecule has 0 unspecified atom stereocenters. The van der Waals surface area contributed by atoms with Gasteiger partial charge in [0.25, 0.3) is 5.56 Å². The smallest absolute Gasteiger partial charge is 0.291 e. The molecular formula is C25H27N3O3S. The Hall–Kier alpha value is -3.19. The van der Waals surface area contributed by atoms with Gasteiger partial charge in [0.05, 0.1) is 18.2 Å². The molecule has 6 nitrogen and oxygen atoms in total. The summed E-state index contributed by atoms with van der Waals surface area (Å²) in [7, 11) is 1.62. The first-order chi connectivity index (χ1) is 15.6. The van der Waals surface area contributed by atoms with Gasteiger partial charge in [-0.2, -0.15) is 9.50 Å². The van der Waals surface area contributed by atoms with Crippen molar-refractivity contribution in [3.05, 3.63) is 68.5 Å². The van der Waals surface area contributed by atoms with Gasteiger partial charge in [-0.25, -0.2) is 0 Å². The summed E-state index contributed by atoms with van der Waals surface area (Å²) in [6.07, 6.45) is 6.45. The number of methoxy groups -OCH3 is 1. The maximum atomic E-state index is 12.9. The zero-order valence-corrected chi connectivity index (χ0v) is 19.4. The molecule has 4 rings (SSSR count). The summed E-state index contributed by atoms with van der Waals surface area (Å²) in [5.74, 6) is 1.94. The van der Waals surface area contributed by atoms with Crippen LogP contribution in [0.2, 0.25) is 0 Å². The summed E-state index contributed by atoms with van der Waals surface area (Å²) in [6, 6.07) is 13.6. The van der Waals surface area contributed by atoms with E-state index in [1.165, 1.54) is 28.7 Å². The Bertz CT molecular complexity index is 1330. The normalized spacial score (nSPS) is 11.9. The lowest BCUT2D eigenvalue weighted by molar-refractivity contribution is 0.285. The number of rotatable bonds is 9. The van der Waals surface area contributed by atoms with E-state index in [0.29, 0.717) is 33.4 Å². The molecule has 0 fully saturated rings. The van der Waals surface area contributed by atoms with Crippen LogP contribution in [0, 0.1) is 6.92 Å². The fourth-order valence-corrected chi connectivity index (χ4v) is 4.43. The zero-order chi connectivity index (χ0) is 22.5. The molecule has 0 aliphatic heterocycles. The van der Waals surface area contributed by atoms with Crippen LogP contribution in [0.5, 0.6) is 11.5 Å². The number of thiazole rings is 1. The van der Waals surface area contributed by atoms with Crippen molar-refractivity contribution in [3.8, 4) is 22.9 Å². The van der Waals surface area contributed by atoms with Gasteiger partial charge in [0.1, 0.15) is 0 Å². The first kappa shape index (κ1) is 22.0. The number of hydrogen-bond donors (Lipinski definition) is 0. The highest BCUT2D eigenvalue weighted by atomic mass is 32.1. The Labute approximate surface area is 191 Å². The van der Waals surface area contributed by atoms with Crippen molar-refractivity contribution >= 4 is 22.4 Å². The average Bonchev–Trinajstić information content (AvgIpc) is 3.33. The van der Waals surface area contributed by atoms with Gasteiger partial charge in [0.15, 0.2) is 17.3 Å². The molecule has 0 amide bonds. The Kier molecular flexibility index (Phi) is 6.85. The third-order valence-electron chi connectivity index (χ3n) is 5.31. The highest BCUT2D eigenvalue weighted by Gasteiger charge is 2.13. The highest BCUT2D eigenvalue weighted by molar-refractivity contribution is 7.15. The Morgan fingerprint density at radius 1 is 1.09 bits per heavy atom. The second kappa shape index (κ2) is 9.96. The minimum atomic E-state index is -0.174. The molecule has 0 aliphatic carbocycles. The topological polar surface area (TPSA) is 65.7 Å². The summed E-state index contributed by atoms with van der Waals surface area (Å²) >= 11 is 1.33. The van der Waals surface area contributed by atoms with E-state index in [2.05, 4.69) is 17.0 Å². The van der Waals surface area contributed by atoms with Crippen molar-refractivity contribution in [2.24, 2.45) is 0 Å². The molecule has 0 N–H and O–H groups in total. The van der Waals surface area contributed by atoms with Crippen LogP contribution in [0.25, 0.3) is 22.4 Å². The first-order valence-corrected chi connectivity index (χ1v) is 11.7. The largest absolute Gasteiger partial charge is 0.493 e. The van der Waals surface area contributed by atoms with Crippen LogP contribution < -0.4 is 19.6 Å². The predicted molar refractivity (Wildman–Crippen MR) is 129 cm³/mol. The van der Waals surface area contributed by atoms with Gasteiger partial charge < -0.3 is 9.47 Å². The van der Waals surface area contributed by atoms with Crippen LogP contribution in [0.15, 0.2) is 47.3 Å². The van der Waals surface area contributed by atoms with Crippen molar-refractivity contribution in [2.45, 2.75) is 39.5 Å². The van der Waals surface area contributed by atoms with Gasteiger partial charge in [-0.1, -0.05) is 67.9 Å². The van der Waals surface area contributed by atoms with Gasteiger partial charge in [-0.15, -0.1) is 5.10 Å². The van der Waals surface area contributed by atoms with Crippen molar-refractivity contribution in [1.82, 2.24) is 14.6 Å². The van der Waals surface area contributed by atoms with Crippen LogP contribution >= 0.6 is 11.3 Å². The average molecular weight is 450 g/mol. The predicted octanol–water partition coefficient (Wildman–Crippen LogP) is 4.64. The Morgan fingerprint density at radius 3 is 2.69 bits per heavy atom. The number of aryl methyl sites for hydroxylation is 1. The lowest BCUT2D eigenvalue weighted by atomic mass is 10.1. The Morgan fingerprint density at radius 2 is 1.94 bits per heavy atom. The van der Waals surface area contributed by atoms with Gasteiger partial charge in [0, 0.05) is 5.56 Å². The summed E-state index contributed by atoms with van der Waals surface area (Å²) in [5.41, 5.74) is 2.70. The first-order valence-electron chi connectivity index (χ1n) is 10.9. The number of aromatic nitrogens is 3. The minimum Gasteiger partial charge on any atom is -0.493 e. The van der Waals surface area contributed by atoms with Crippen LogP contribution in [0.3, 0.4) is 0 Å². The number of fused-ring (bicyclic) bond motifs is 1. The van der Waals surface area contributed by atoms with Gasteiger partial charge in [0.2, 0.25) is 4.96 Å². The summed E-state index contributed by atoms with van der Waals surface area (Å²) in [5, 5.41) is 4.45. The fourth-order valence-electron chi connectivity index (χ4n) is 3.53. The summed E-state index contributed by atoms with van der Waals surface area (Å²) < 4.78 is 13.3. The molecule has 166 valence electrons. The molecule has 32 heavy (non-hydrogen) atoms. The minimum absolute atomic E-state index is 0.174. The molecule has 0 saturated heterocycles. The molecule has 7 heteroatoms. The number of nitrogens with zero attached hydrogens (tertiary/aromatic N) is 3. The van der Waals surface area contributed by atoms with Gasteiger partial charge in [-0.3, -0.25) is 4.79 Å². The van der Waals surface area contributed by atoms with Crippen LogP contribution in [-0.4, -0.2) is 28.3 Å². The number of ether oxygens (including phenoxy) is 2. The number of unbranched alkanes of at least 4 members (excludes halogenated alkanes) is 3. The van der Waals surface area contributed by atoms with Crippen molar-refractivity contribution in [1.29, 1.82) is 0 Å². The van der Waals surface area contributed by atoms with Crippen molar-refractivity contribution < 1.29 is 9.47 Å². The SMILES string of the molecule is CCCCCCOc1ccc(/C=c2\sc3nc(-c4ccccc4C)nn3c2=O)cc1OC. The second-order valence-corrected chi connectivity index (χ2v) is 8.69. The third-order valence-corrected chi connectivity index (χ3v) is 6.27. The summed E-state index contributed by atoms with van der Waals surface area (Å²) in [4.78, 5) is 18.1. The van der Waals surface area contributed by atoms with E-state index >= 15 is 0 Å². The quantitative estimate of drug-likeness (QED) is 0.348. The van der Waals surface area contributed by atoms with Crippen LogP contribution in [-0.2, 0) is 0 Å². The highest BCUT2D eigenvalue weighted by Crippen LogP contribution is 2.28. The van der Waals surface area contributed by atoms with E-state index < -0.39 is 0 Å².